The second-order valence-electron chi connectivity index (χ2n) is 2.20. The molecule has 1 aromatic heterocycles. The number of methoxy groups -OCH3 is 1. The van der Waals surface area contributed by atoms with Gasteiger partial charge in [0.1, 0.15) is 6.61 Å². The molecule has 0 atom stereocenters. The van der Waals surface area contributed by atoms with Crippen LogP contribution in [0.2, 0.25) is 0 Å². The van der Waals surface area contributed by atoms with Gasteiger partial charge < -0.3 is 9.84 Å². The predicted molar refractivity (Wildman–Crippen MR) is 45.3 cm³/mol. The molecule has 0 aliphatic carbocycles. The summed E-state index contributed by atoms with van der Waals surface area (Å²) in [7, 11) is 1.39. The van der Waals surface area contributed by atoms with Gasteiger partial charge in [-0.3, -0.25) is 4.79 Å². The van der Waals surface area contributed by atoms with E-state index in [1.807, 2.05) is 0 Å². The van der Waals surface area contributed by atoms with E-state index in [4.69, 9.17) is 5.11 Å². The first-order valence-corrected chi connectivity index (χ1v) is 4.24. The van der Waals surface area contributed by atoms with E-state index in [1.54, 1.807) is 0 Å². The number of aromatic carboxylic acids is 1. The van der Waals surface area contributed by atoms with Gasteiger partial charge in [0.2, 0.25) is 5.78 Å². The summed E-state index contributed by atoms with van der Waals surface area (Å²) in [6, 6.07) is 0. The van der Waals surface area contributed by atoms with Crippen molar-refractivity contribution in [2.24, 2.45) is 0 Å². The highest BCUT2D eigenvalue weighted by atomic mass is 32.1. The maximum atomic E-state index is 11.1. The summed E-state index contributed by atoms with van der Waals surface area (Å²) in [5.74, 6) is -1.44. The Balaban J connectivity index is 2.79. The van der Waals surface area contributed by atoms with E-state index in [-0.39, 0.29) is 23.1 Å². The molecule has 5 nitrogen and oxygen atoms in total. The van der Waals surface area contributed by atoms with E-state index in [0.29, 0.717) is 0 Å². The molecule has 0 saturated heterocycles. The Hall–Kier alpha value is -1.27. The number of rotatable bonds is 4. The quantitative estimate of drug-likeness (QED) is 0.724. The van der Waals surface area contributed by atoms with Crippen molar-refractivity contribution in [3.63, 3.8) is 0 Å². The second kappa shape index (κ2) is 4.11. The summed E-state index contributed by atoms with van der Waals surface area (Å²) in [5.41, 5.74) is -0.107. The van der Waals surface area contributed by atoms with Crippen molar-refractivity contribution >= 4 is 23.1 Å². The Morgan fingerprint density at radius 3 is 2.85 bits per heavy atom. The SMILES string of the molecule is COCC(=O)c1nc(C(=O)O)cs1. The number of aromatic nitrogens is 1. The van der Waals surface area contributed by atoms with Crippen molar-refractivity contribution < 1.29 is 19.4 Å². The van der Waals surface area contributed by atoms with Gasteiger partial charge in [-0.05, 0) is 0 Å². The van der Waals surface area contributed by atoms with E-state index in [0.717, 1.165) is 11.3 Å². The first-order valence-electron chi connectivity index (χ1n) is 3.36. The molecule has 1 aromatic rings. The van der Waals surface area contributed by atoms with Gasteiger partial charge in [0.15, 0.2) is 10.7 Å². The molecule has 70 valence electrons. The van der Waals surface area contributed by atoms with Crippen LogP contribution in [-0.2, 0) is 4.74 Å². The highest BCUT2D eigenvalue weighted by molar-refractivity contribution is 7.11. The van der Waals surface area contributed by atoms with Gasteiger partial charge in [-0.2, -0.15) is 0 Å². The lowest BCUT2D eigenvalue weighted by Crippen LogP contribution is -2.07. The Kier molecular flexibility index (Phi) is 3.10. The highest BCUT2D eigenvalue weighted by Gasteiger charge is 2.13. The molecule has 0 aliphatic heterocycles. The molecule has 0 amide bonds. The van der Waals surface area contributed by atoms with Crippen LogP contribution in [0.1, 0.15) is 20.3 Å². The van der Waals surface area contributed by atoms with E-state index >= 15 is 0 Å². The van der Waals surface area contributed by atoms with Crippen LogP contribution < -0.4 is 0 Å². The van der Waals surface area contributed by atoms with Crippen molar-refractivity contribution in [1.82, 2.24) is 4.98 Å². The number of carboxylic acid groups (broad SMARTS) is 1. The summed E-state index contributed by atoms with van der Waals surface area (Å²) in [6.07, 6.45) is 0. The lowest BCUT2D eigenvalue weighted by atomic mass is 10.4. The second-order valence-corrected chi connectivity index (χ2v) is 3.06. The van der Waals surface area contributed by atoms with E-state index < -0.39 is 5.97 Å². The number of Topliss-reactive ketones (excluding diaryl/α,β-unsaturated/α-hetero) is 1. The number of thiazole rings is 1. The molecule has 1 N–H and O–H groups in total. The fourth-order valence-electron chi connectivity index (χ4n) is 0.693. The number of carbonyl (C=O) groups excluding carboxylic acids is 1. The third-order valence-corrected chi connectivity index (χ3v) is 2.12. The van der Waals surface area contributed by atoms with Gasteiger partial charge in [0.25, 0.3) is 0 Å². The minimum absolute atomic E-state index is 0.0768. The maximum absolute atomic E-state index is 11.1. The first kappa shape index (κ1) is 9.82. The third kappa shape index (κ3) is 2.33. The number of ketones is 1. The van der Waals surface area contributed by atoms with Gasteiger partial charge >= 0.3 is 5.97 Å². The van der Waals surface area contributed by atoms with Crippen molar-refractivity contribution in [2.45, 2.75) is 0 Å². The molecule has 0 aromatic carbocycles. The van der Waals surface area contributed by atoms with E-state index in [1.165, 1.54) is 12.5 Å². The number of carboxylic acids is 1. The lowest BCUT2D eigenvalue weighted by Gasteiger charge is -1.92. The molecule has 0 unspecified atom stereocenters. The smallest absolute Gasteiger partial charge is 0.355 e. The number of hydrogen-bond donors (Lipinski definition) is 1. The molecular weight excluding hydrogens is 194 g/mol. The zero-order chi connectivity index (χ0) is 9.84. The Bertz CT molecular complexity index is 333. The van der Waals surface area contributed by atoms with Crippen LogP contribution in [0, 0.1) is 0 Å². The molecule has 13 heavy (non-hydrogen) atoms. The molecule has 0 spiro atoms. The largest absolute Gasteiger partial charge is 0.476 e. The topological polar surface area (TPSA) is 76.5 Å². The lowest BCUT2D eigenvalue weighted by molar-refractivity contribution is 0.0691. The normalized spacial score (nSPS) is 9.92. The predicted octanol–water partition coefficient (Wildman–Crippen LogP) is 0.670. The number of ether oxygens (including phenoxy) is 1. The molecule has 1 rings (SSSR count). The van der Waals surface area contributed by atoms with Crippen LogP contribution in [0.15, 0.2) is 5.38 Å². The number of carbonyl (C=O) groups is 2. The molecule has 0 bridgehead atoms. The van der Waals surface area contributed by atoms with Gasteiger partial charge in [-0.1, -0.05) is 0 Å². The molecular formula is C7H7NO4S. The zero-order valence-electron chi connectivity index (χ0n) is 6.81. The standard InChI is InChI=1S/C7H7NO4S/c1-12-2-5(9)6-8-4(3-13-6)7(10)11/h3H,2H2,1H3,(H,10,11). The van der Waals surface area contributed by atoms with Gasteiger partial charge in [0.05, 0.1) is 0 Å². The summed E-state index contributed by atoms with van der Waals surface area (Å²) in [4.78, 5) is 25.1. The van der Waals surface area contributed by atoms with Crippen LogP contribution in [-0.4, -0.2) is 35.6 Å². The zero-order valence-corrected chi connectivity index (χ0v) is 7.63. The van der Waals surface area contributed by atoms with Crippen molar-refractivity contribution in [2.75, 3.05) is 13.7 Å². The minimum atomic E-state index is -1.13. The van der Waals surface area contributed by atoms with Crippen molar-refractivity contribution in [1.29, 1.82) is 0 Å². The van der Waals surface area contributed by atoms with Crippen LogP contribution in [0.3, 0.4) is 0 Å². The molecule has 0 fully saturated rings. The summed E-state index contributed by atoms with van der Waals surface area (Å²) in [5, 5.41) is 10.0. The van der Waals surface area contributed by atoms with E-state index in [9.17, 15) is 9.59 Å². The molecule has 1 heterocycles. The average molecular weight is 201 g/mol. The number of nitrogens with zero attached hydrogens (tertiary/aromatic N) is 1. The van der Waals surface area contributed by atoms with Crippen LogP contribution in [0.5, 0.6) is 0 Å². The maximum Gasteiger partial charge on any atom is 0.355 e. The average Bonchev–Trinajstić information content (AvgIpc) is 2.52. The van der Waals surface area contributed by atoms with Crippen LogP contribution in [0.25, 0.3) is 0 Å². The monoisotopic (exact) mass is 201 g/mol. The fraction of sp³-hybridized carbons (Fsp3) is 0.286. The number of hydrogen-bond acceptors (Lipinski definition) is 5. The first-order chi connectivity index (χ1) is 6.15. The van der Waals surface area contributed by atoms with Crippen molar-refractivity contribution in [3.05, 3.63) is 16.1 Å². The summed E-state index contributed by atoms with van der Waals surface area (Å²) >= 11 is 1.00. The summed E-state index contributed by atoms with van der Waals surface area (Å²) in [6.45, 7) is -0.0768. The van der Waals surface area contributed by atoms with Crippen molar-refractivity contribution in [3.8, 4) is 0 Å². The van der Waals surface area contributed by atoms with E-state index in [2.05, 4.69) is 9.72 Å². The Labute approximate surface area is 78.0 Å². The molecule has 6 heteroatoms. The van der Waals surface area contributed by atoms with Gasteiger partial charge in [-0.25, -0.2) is 9.78 Å². The Morgan fingerprint density at radius 2 is 2.38 bits per heavy atom. The van der Waals surface area contributed by atoms with Gasteiger partial charge in [0, 0.05) is 12.5 Å². The molecule has 0 aliphatic rings. The van der Waals surface area contributed by atoms with Crippen LogP contribution >= 0.6 is 11.3 Å². The summed E-state index contributed by atoms with van der Waals surface area (Å²) < 4.78 is 4.60. The molecule has 0 saturated carbocycles. The fourth-order valence-corrected chi connectivity index (χ4v) is 1.41. The molecule has 0 radical (unpaired) electrons. The van der Waals surface area contributed by atoms with Gasteiger partial charge in [-0.15, -0.1) is 11.3 Å². The third-order valence-electron chi connectivity index (χ3n) is 1.24. The van der Waals surface area contributed by atoms with Crippen LogP contribution in [0.4, 0.5) is 0 Å². The Morgan fingerprint density at radius 1 is 1.69 bits per heavy atom. The highest BCUT2D eigenvalue weighted by Crippen LogP contribution is 2.10. The minimum Gasteiger partial charge on any atom is -0.476 e.